The molecule has 4 nitrogen and oxygen atoms in total. The van der Waals surface area contributed by atoms with Crippen LogP contribution in [0.4, 0.5) is 0 Å². The fourth-order valence-electron chi connectivity index (χ4n) is 4.88. The van der Waals surface area contributed by atoms with Crippen molar-refractivity contribution in [3.8, 4) is 0 Å². The molecule has 0 radical (unpaired) electrons. The molecule has 0 aliphatic carbocycles. The van der Waals surface area contributed by atoms with E-state index in [0.717, 1.165) is 38.5 Å². The number of carbonyl (C=O) groups is 2. The quantitative estimate of drug-likeness (QED) is 0.0332. The smallest absolute Gasteiger partial charge is 0.328 e. The van der Waals surface area contributed by atoms with Crippen LogP contribution in [0.15, 0.2) is 72.9 Å². The lowest BCUT2D eigenvalue weighted by atomic mass is 10.0. The topological polar surface area (TPSA) is 74.6 Å². The van der Waals surface area contributed by atoms with Gasteiger partial charge in [0.15, 0.2) is 0 Å². The van der Waals surface area contributed by atoms with E-state index in [1.54, 1.807) is 6.08 Å². The van der Waals surface area contributed by atoms with Crippen molar-refractivity contribution in [3.05, 3.63) is 72.9 Å². The van der Waals surface area contributed by atoms with Crippen LogP contribution in [0.5, 0.6) is 0 Å². The predicted octanol–water partition coefficient (Wildman–Crippen LogP) is 13.7. The van der Waals surface area contributed by atoms with Gasteiger partial charge in [0, 0.05) is 12.5 Å². The number of carboxylic acids is 2. The summed E-state index contributed by atoms with van der Waals surface area (Å²) in [6.45, 7) is 4.51. The van der Waals surface area contributed by atoms with Crippen LogP contribution < -0.4 is 0 Å². The average molecular weight is 641 g/mol. The Morgan fingerprint density at radius 3 is 1.20 bits per heavy atom. The lowest BCUT2D eigenvalue weighted by molar-refractivity contribution is -0.137. The van der Waals surface area contributed by atoms with Gasteiger partial charge in [-0.2, -0.15) is 0 Å². The van der Waals surface area contributed by atoms with Gasteiger partial charge >= 0.3 is 11.9 Å². The minimum atomic E-state index is -0.883. The molecule has 0 saturated heterocycles. The number of hydrogen-bond donors (Lipinski definition) is 2. The molecular weight excluding hydrogens is 568 g/mol. The van der Waals surface area contributed by atoms with Crippen molar-refractivity contribution in [2.45, 2.75) is 181 Å². The Morgan fingerprint density at radius 1 is 0.413 bits per heavy atom. The molecule has 0 spiro atoms. The van der Waals surface area contributed by atoms with E-state index in [4.69, 9.17) is 10.2 Å². The van der Waals surface area contributed by atoms with Crippen LogP contribution in [0, 0.1) is 0 Å². The highest BCUT2D eigenvalue weighted by molar-refractivity contribution is 5.80. The third-order valence-corrected chi connectivity index (χ3v) is 7.68. The molecule has 0 unspecified atom stereocenters. The van der Waals surface area contributed by atoms with Crippen LogP contribution in [0.25, 0.3) is 0 Å². The van der Waals surface area contributed by atoms with Gasteiger partial charge in [0.25, 0.3) is 0 Å². The zero-order valence-electron chi connectivity index (χ0n) is 30.0. The Hall–Kier alpha value is -2.62. The van der Waals surface area contributed by atoms with Gasteiger partial charge in [0.2, 0.25) is 0 Å². The molecule has 0 amide bonds. The first-order valence-electron chi connectivity index (χ1n) is 18.9. The molecule has 2 N–H and O–H groups in total. The van der Waals surface area contributed by atoms with Gasteiger partial charge in [-0.1, -0.05) is 183 Å². The molecule has 0 heterocycles. The van der Waals surface area contributed by atoms with Gasteiger partial charge in [-0.25, -0.2) is 4.79 Å². The van der Waals surface area contributed by atoms with Crippen LogP contribution in [-0.4, -0.2) is 22.2 Å². The number of allylic oxidation sites excluding steroid dienone is 11. The van der Waals surface area contributed by atoms with E-state index >= 15 is 0 Å². The van der Waals surface area contributed by atoms with Crippen molar-refractivity contribution < 1.29 is 19.8 Å². The number of hydrogen-bond acceptors (Lipinski definition) is 2. The van der Waals surface area contributed by atoms with Crippen molar-refractivity contribution in [2.75, 3.05) is 0 Å². The minimum Gasteiger partial charge on any atom is -0.481 e. The van der Waals surface area contributed by atoms with Crippen molar-refractivity contribution in [1.29, 1.82) is 0 Å². The summed E-state index contributed by atoms with van der Waals surface area (Å²) in [5, 5.41) is 16.9. The number of unbranched alkanes of at least 4 members (excludes halogenated alkanes) is 19. The van der Waals surface area contributed by atoms with Gasteiger partial charge in [-0.15, -0.1) is 0 Å². The molecule has 0 aromatic carbocycles. The largest absolute Gasteiger partial charge is 0.481 e. The lowest BCUT2D eigenvalue weighted by Crippen LogP contribution is -1.92. The van der Waals surface area contributed by atoms with E-state index in [-0.39, 0.29) is 6.42 Å². The standard InChI is InChI=1S/C22H40O2.C20H32O2/c1-2-3-4-5-6-7-8-9-10-11-12-13-14-15-16-17-18-19-20-21-22(23)24;1-2-3-4-5-6-7-8-9-10-11-12-13-14-15-16-17-18-19-20(21)22/h18-21H,2-17H2,1H3,(H,23,24);6-7,9-10,12-13,15-16H,2-5,8,11,14,17-19H2,1H3,(H,21,22). The van der Waals surface area contributed by atoms with Gasteiger partial charge in [-0.05, 0) is 57.8 Å². The zero-order valence-corrected chi connectivity index (χ0v) is 30.0. The second-order valence-corrected chi connectivity index (χ2v) is 12.2. The molecule has 0 saturated carbocycles. The highest BCUT2D eigenvalue weighted by Crippen LogP contribution is 2.13. The normalized spacial score (nSPS) is 12.0. The summed E-state index contributed by atoms with van der Waals surface area (Å²) in [6.07, 6.45) is 55.9. The third-order valence-electron chi connectivity index (χ3n) is 7.68. The molecule has 0 aromatic rings. The molecule has 0 bridgehead atoms. The summed E-state index contributed by atoms with van der Waals surface area (Å²) in [5.74, 6) is -1.59. The molecule has 0 aromatic heterocycles. The Morgan fingerprint density at radius 2 is 0.761 bits per heavy atom. The van der Waals surface area contributed by atoms with Crippen LogP contribution in [0.2, 0.25) is 0 Å². The lowest BCUT2D eigenvalue weighted by Gasteiger charge is -2.03. The van der Waals surface area contributed by atoms with Crippen LogP contribution in [-0.2, 0) is 9.59 Å². The first kappa shape index (κ1) is 45.5. The first-order chi connectivity index (χ1) is 22.5. The Labute approximate surface area is 284 Å². The van der Waals surface area contributed by atoms with Crippen molar-refractivity contribution in [1.82, 2.24) is 0 Å². The molecule has 46 heavy (non-hydrogen) atoms. The monoisotopic (exact) mass is 641 g/mol. The minimum absolute atomic E-state index is 0.262. The van der Waals surface area contributed by atoms with Crippen LogP contribution in [0.1, 0.15) is 181 Å². The SMILES string of the molecule is CCCCCC=CCC=CCC=CCC=CCCCC(=O)O.CCCCCCCCCCCCCCCCCC=CC=CC(=O)O. The van der Waals surface area contributed by atoms with Gasteiger partial charge in [-0.3, -0.25) is 4.79 Å². The van der Waals surface area contributed by atoms with Crippen LogP contribution in [0.3, 0.4) is 0 Å². The highest BCUT2D eigenvalue weighted by Gasteiger charge is 1.94. The molecular formula is C42H72O4. The van der Waals surface area contributed by atoms with Gasteiger partial charge in [0.05, 0.1) is 0 Å². The van der Waals surface area contributed by atoms with E-state index < -0.39 is 11.9 Å². The molecule has 0 aliphatic rings. The van der Waals surface area contributed by atoms with E-state index in [2.05, 4.69) is 68.5 Å². The molecule has 0 atom stereocenters. The maximum atomic E-state index is 10.3. The average Bonchev–Trinajstić information content (AvgIpc) is 3.03. The maximum Gasteiger partial charge on any atom is 0.328 e. The Kier molecular flexibility index (Phi) is 41.9. The summed E-state index contributed by atoms with van der Waals surface area (Å²) in [5.41, 5.74) is 0. The Balaban J connectivity index is 0. The summed E-state index contributed by atoms with van der Waals surface area (Å²) in [6, 6.07) is 0. The zero-order chi connectivity index (χ0) is 34.0. The number of rotatable bonds is 32. The second-order valence-electron chi connectivity index (χ2n) is 12.2. The van der Waals surface area contributed by atoms with Gasteiger partial charge < -0.3 is 10.2 Å². The summed E-state index contributed by atoms with van der Waals surface area (Å²) >= 11 is 0. The molecule has 0 fully saturated rings. The number of carboxylic acid groups (broad SMARTS) is 2. The summed E-state index contributed by atoms with van der Waals surface area (Å²) in [7, 11) is 0. The second kappa shape index (κ2) is 42.4. The fraction of sp³-hybridized carbons (Fsp3) is 0.667. The highest BCUT2D eigenvalue weighted by atomic mass is 16.4. The van der Waals surface area contributed by atoms with E-state index in [1.807, 2.05) is 6.08 Å². The van der Waals surface area contributed by atoms with E-state index in [0.29, 0.717) is 0 Å². The molecule has 0 aliphatic heterocycles. The predicted molar refractivity (Wildman–Crippen MR) is 202 cm³/mol. The maximum absolute atomic E-state index is 10.3. The van der Waals surface area contributed by atoms with Crippen molar-refractivity contribution in [3.63, 3.8) is 0 Å². The van der Waals surface area contributed by atoms with Crippen molar-refractivity contribution >= 4 is 11.9 Å². The third kappa shape index (κ3) is 48.3. The van der Waals surface area contributed by atoms with Crippen molar-refractivity contribution in [2.24, 2.45) is 0 Å². The van der Waals surface area contributed by atoms with E-state index in [9.17, 15) is 9.59 Å². The number of aliphatic carboxylic acids is 2. The van der Waals surface area contributed by atoms with E-state index in [1.165, 1.54) is 128 Å². The molecule has 4 heteroatoms. The first-order valence-corrected chi connectivity index (χ1v) is 18.9. The fourth-order valence-corrected chi connectivity index (χ4v) is 4.88. The Bertz CT molecular complexity index is 816. The summed E-state index contributed by atoms with van der Waals surface area (Å²) in [4.78, 5) is 20.6. The molecule has 0 rings (SSSR count). The molecule has 264 valence electrons. The van der Waals surface area contributed by atoms with Gasteiger partial charge in [0.1, 0.15) is 0 Å². The summed E-state index contributed by atoms with van der Waals surface area (Å²) < 4.78 is 0. The van der Waals surface area contributed by atoms with Crippen LogP contribution >= 0.6 is 0 Å².